The highest BCUT2D eigenvalue weighted by atomic mass is 32.2. The molecule has 94 valence electrons. The zero-order chi connectivity index (χ0) is 12.5. The van der Waals surface area contributed by atoms with Gasteiger partial charge in [0.1, 0.15) is 9.84 Å². The molecule has 1 aliphatic rings. The Hall–Kier alpha value is -0.870. The van der Waals surface area contributed by atoms with Crippen LogP contribution in [0.5, 0.6) is 0 Å². The van der Waals surface area contributed by atoms with Crippen LogP contribution in [0, 0.1) is 0 Å². The van der Waals surface area contributed by atoms with Crippen LogP contribution in [-0.4, -0.2) is 26.0 Å². The molecule has 0 amide bonds. The fourth-order valence-corrected chi connectivity index (χ4v) is 2.48. The molecular formula is C13H19NO2S. The maximum Gasteiger partial charge on any atom is 0.147 e. The zero-order valence-corrected chi connectivity index (χ0v) is 11.0. The Kier molecular flexibility index (Phi) is 3.27. The van der Waals surface area contributed by atoms with Crippen LogP contribution in [0.1, 0.15) is 24.0 Å². The highest BCUT2D eigenvalue weighted by Crippen LogP contribution is 2.35. The van der Waals surface area contributed by atoms with Crippen molar-refractivity contribution < 1.29 is 8.42 Å². The summed E-state index contributed by atoms with van der Waals surface area (Å²) in [6.45, 7) is 0. The van der Waals surface area contributed by atoms with Crippen molar-refractivity contribution in [2.75, 3.05) is 12.0 Å². The minimum absolute atomic E-state index is 0.0360. The number of sulfone groups is 1. The standard InChI is InChI=1S/C13H19NO2S/c1-17(15,16)9-6-11-2-4-12(5-3-11)10-13(14)7-8-13/h2-5H,6-10,14H2,1H3. The van der Waals surface area contributed by atoms with Gasteiger partial charge in [-0.2, -0.15) is 0 Å². The Balaban J connectivity index is 1.93. The first-order chi connectivity index (χ1) is 7.86. The molecule has 0 bridgehead atoms. The van der Waals surface area contributed by atoms with Crippen molar-refractivity contribution in [3.63, 3.8) is 0 Å². The average molecular weight is 253 g/mol. The highest BCUT2D eigenvalue weighted by Gasteiger charge is 2.37. The van der Waals surface area contributed by atoms with E-state index >= 15 is 0 Å². The number of nitrogens with two attached hydrogens (primary N) is 1. The molecule has 1 aromatic rings. The van der Waals surface area contributed by atoms with E-state index < -0.39 is 9.84 Å². The summed E-state index contributed by atoms with van der Waals surface area (Å²) in [7, 11) is -2.87. The fraction of sp³-hybridized carbons (Fsp3) is 0.538. The van der Waals surface area contributed by atoms with E-state index in [1.165, 1.54) is 11.8 Å². The zero-order valence-electron chi connectivity index (χ0n) is 10.1. The molecule has 0 aromatic heterocycles. The summed E-state index contributed by atoms with van der Waals surface area (Å²) >= 11 is 0. The second-order valence-corrected chi connectivity index (χ2v) is 7.50. The molecule has 0 unspecified atom stereocenters. The number of hydrogen-bond acceptors (Lipinski definition) is 3. The smallest absolute Gasteiger partial charge is 0.147 e. The van der Waals surface area contributed by atoms with Gasteiger partial charge in [-0.15, -0.1) is 0 Å². The molecule has 1 aliphatic carbocycles. The van der Waals surface area contributed by atoms with Gasteiger partial charge in [-0.25, -0.2) is 8.42 Å². The molecule has 1 fully saturated rings. The van der Waals surface area contributed by atoms with Gasteiger partial charge in [0.25, 0.3) is 0 Å². The second kappa shape index (κ2) is 4.42. The lowest BCUT2D eigenvalue weighted by Gasteiger charge is -2.09. The average Bonchev–Trinajstić information content (AvgIpc) is 2.94. The number of hydrogen-bond donors (Lipinski definition) is 1. The lowest BCUT2D eigenvalue weighted by atomic mass is 10.0. The van der Waals surface area contributed by atoms with Gasteiger partial charge in [-0.1, -0.05) is 24.3 Å². The highest BCUT2D eigenvalue weighted by molar-refractivity contribution is 7.90. The first-order valence-electron chi connectivity index (χ1n) is 5.91. The lowest BCUT2D eigenvalue weighted by Crippen LogP contribution is -2.24. The first-order valence-corrected chi connectivity index (χ1v) is 7.97. The van der Waals surface area contributed by atoms with E-state index in [2.05, 4.69) is 12.1 Å². The molecule has 0 saturated heterocycles. The molecule has 0 radical (unpaired) electrons. The van der Waals surface area contributed by atoms with Crippen LogP contribution in [0.15, 0.2) is 24.3 Å². The molecule has 0 spiro atoms. The molecule has 0 aliphatic heterocycles. The van der Waals surface area contributed by atoms with Crippen LogP contribution >= 0.6 is 0 Å². The Morgan fingerprint density at radius 1 is 1.18 bits per heavy atom. The van der Waals surface area contributed by atoms with Gasteiger partial charge in [-0.3, -0.25) is 0 Å². The maximum absolute atomic E-state index is 11.1. The van der Waals surface area contributed by atoms with Crippen molar-refractivity contribution in [1.29, 1.82) is 0 Å². The van der Waals surface area contributed by atoms with Gasteiger partial charge < -0.3 is 5.73 Å². The van der Waals surface area contributed by atoms with Crippen molar-refractivity contribution in [2.24, 2.45) is 5.73 Å². The Bertz CT molecular complexity index is 487. The summed E-state index contributed by atoms with van der Waals surface area (Å²) in [4.78, 5) is 0. The third-order valence-electron chi connectivity index (χ3n) is 3.23. The van der Waals surface area contributed by atoms with Gasteiger partial charge >= 0.3 is 0 Å². The summed E-state index contributed by atoms with van der Waals surface area (Å²) < 4.78 is 22.1. The monoisotopic (exact) mass is 253 g/mol. The molecule has 17 heavy (non-hydrogen) atoms. The first kappa shape index (κ1) is 12.6. The minimum Gasteiger partial charge on any atom is -0.325 e. The van der Waals surface area contributed by atoms with Gasteiger partial charge in [0, 0.05) is 11.8 Å². The summed E-state index contributed by atoms with van der Waals surface area (Å²) in [5.74, 6) is 0.215. The number of aryl methyl sites for hydroxylation is 1. The maximum atomic E-state index is 11.1. The number of rotatable bonds is 5. The Labute approximate surface area is 103 Å². The minimum atomic E-state index is -2.87. The van der Waals surface area contributed by atoms with Crippen LogP contribution in [0.3, 0.4) is 0 Å². The Morgan fingerprint density at radius 3 is 2.18 bits per heavy atom. The van der Waals surface area contributed by atoms with Crippen molar-refractivity contribution in [3.05, 3.63) is 35.4 Å². The van der Waals surface area contributed by atoms with Crippen molar-refractivity contribution >= 4 is 9.84 Å². The quantitative estimate of drug-likeness (QED) is 0.860. The topological polar surface area (TPSA) is 60.2 Å². The van der Waals surface area contributed by atoms with E-state index in [0.29, 0.717) is 6.42 Å². The van der Waals surface area contributed by atoms with Gasteiger partial charge in [0.05, 0.1) is 5.75 Å². The van der Waals surface area contributed by atoms with Crippen molar-refractivity contribution in [1.82, 2.24) is 0 Å². The van der Waals surface area contributed by atoms with E-state index in [-0.39, 0.29) is 11.3 Å². The molecular weight excluding hydrogens is 234 g/mol. The third-order valence-corrected chi connectivity index (χ3v) is 4.18. The van der Waals surface area contributed by atoms with E-state index in [0.717, 1.165) is 24.8 Å². The largest absolute Gasteiger partial charge is 0.325 e. The summed E-state index contributed by atoms with van der Waals surface area (Å²) in [6.07, 6.45) is 5.02. The summed E-state index contributed by atoms with van der Waals surface area (Å²) in [5.41, 5.74) is 8.40. The predicted molar refractivity (Wildman–Crippen MR) is 69.7 cm³/mol. The van der Waals surface area contributed by atoms with Crippen molar-refractivity contribution in [3.8, 4) is 0 Å². The molecule has 4 heteroatoms. The van der Waals surface area contributed by atoms with Gasteiger partial charge in [-0.05, 0) is 36.8 Å². The van der Waals surface area contributed by atoms with Crippen LogP contribution in [0.4, 0.5) is 0 Å². The second-order valence-electron chi connectivity index (χ2n) is 5.24. The summed E-state index contributed by atoms with van der Waals surface area (Å²) in [6, 6.07) is 8.13. The fourth-order valence-electron chi connectivity index (χ4n) is 1.87. The van der Waals surface area contributed by atoms with E-state index in [4.69, 9.17) is 5.73 Å². The van der Waals surface area contributed by atoms with Crippen molar-refractivity contribution in [2.45, 2.75) is 31.2 Å². The molecule has 0 atom stereocenters. The lowest BCUT2D eigenvalue weighted by molar-refractivity contribution is 0.601. The normalized spacial score (nSPS) is 18.0. The SMILES string of the molecule is CS(=O)(=O)CCc1ccc(CC2(N)CC2)cc1. The molecule has 1 aromatic carbocycles. The molecule has 2 rings (SSSR count). The predicted octanol–water partition coefficient (Wildman–Crippen LogP) is 1.31. The molecule has 2 N–H and O–H groups in total. The Morgan fingerprint density at radius 2 is 1.71 bits per heavy atom. The van der Waals surface area contributed by atoms with E-state index in [9.17, 15) is 8.42 Å². The van der Waals surface area contributed by atoms with Crippen LogP contribution in [0.2, 0.25) is 0 Å². The van der Waals surface area contributed by atoms with Gasteiger partial charge in [0.2, 0.25) is 0 Å². The van der Waals surface area contributed by atoms with Gasteiger partial charge in [0.15, 0.2) is 0 Å². The molecule has 1 saturated carbocycles. The van der Waals surface area contributed by atoms with E-state index in [1.807, 2.05) is 12.1 Å². The van der Waals surface area contributed by atoms with Crippen LogP contribution in [-0.2, 0) is 22.7 Å². The van der Waals surface area contributed by atoms with Crippen LogP contribution in [0.25, 0.3) is 0 Å². The number of benzene rings is 1. The van der Waals surface area contributed by atoms with Crippen LogP contribution < -0.4 is 5.73 Å². The third kappa shape index (κ3) is 4.13. The summed E-state index contributed by atoms with van der Waals surface area (Å²) in [5, 5.41) is 0. The molecule has 0 heterocycles. The van der Waals surface area contributed by atoms with E-state index in [1.54, 1.807) is 0 Å². The molecule has 3 nitrogen and oxygen atoms in total.